The van der Waals surface area contributed by atoms with Gasteiger partial charge in [-0.25, -0.2) is 4.39 Å². The highest BCUT2D eigenvalue weighted by Gasteiger charge is 2.39. The van der Waals surface area contributed by atoms with Crippen molar-refractivity contribution in [1.82, 2.24) is 0 Å². The number of rotatable bonds is 0. The first-order chi connectivity index (χ1) is 8.58. The third kappa shape index (κ3) is 1.67. The average molecular weight is 269 g/mol. The van der Waals surface area contributed by atoms with Gasteiger partial charge >= 0.3 is 0 Å². The van der Waals surface area contributed by atoms with Crippen molar-refractivity contribution < 1.29 is 9.18 Å². The maximum absolute atomic E-state index is 13.6. The first-order valence-electron chi connectivity index (χ1n) is 6.14. The fraction of sp³-hybridized carbons (Fsp3) is 0.462. The number of nitrogens with zero attached hydrogens (tertiary/aromatic N) is 1. The van der Waals surface area contributed by atoms with Crippen LogP contribution < -0.4 is 10.2 Å². The van der Waals surface area contributed by atoms with E-state index in [0.717, 1.165) is 25.1 Å². The maximum atomic E-state index is 13.6. The van der Waals surface area contributed by atoms with Crippen molar-refractivity contribution in [1.29, 1.82) is 0 Å². The van der Waals surface area contributed by atoms with E-state index in [2.05, 4.69) is 12.2 Å². The Hall–Kier alpha value is -1.29. The molecule has 0 bridgehead atoms. The van der Waals surface area contributed by atoms with Gasteiger partial charge in [0.1, 0.15) is 11.9 Å². The fourth-order valence-corrected chi connectivity index (χ4v) is 3.10. The van der Waals surface area contributed by atoms with Crippen LogP contribution in [-0.4, -0.2) is 18.5 Å². The van der Waals surface area contributed by atoms with Crippen LogP contribution in [0.15, 0.2) is 12.1 Å². The molecule has 96 valence electrons. The summed E-state index contributed by atoms with van der Waals surface area (Å²) < 4.78 is 13.6. The van der Waals surface area contributed by atoms with Gasteiger partial charge in [-0.3, -0.25) is 4.79 Å². The van der Waals surface area contributed by atoms with E-state index >= 15 is 0 Å². The topological polar surface area (TPSA) is 32.3 Å². The van der Waals surface area contributed by atoms with Crippen LogP contribution in [0.1, 0.15) is 19.8 Å². The standard InChI is InChI=1S/C13H14ClFN2O/c1-7-3-2-4-17-11-6-9(15)8(14)5-10(11)16-13(18)12(7)17/h5-7,12H,2-4H2,1H3,(H,16,18). The molecule has 1 fully saturated rings. The van der Waals surface area contributed by atoms with Crippen LogP contribution in [0.3, 0.4) is 0 Å². The van der Waals surface area contributed by atoms with Crippen LogP contribution in [0.25, 0.3) is 0 Å². The molecular weight excluding hydrogens is 255 g/mol. The number of hydrogen-bond acceptors (Lipinski definition) is 2. The van der Waals surface area contributed by atoms with Crippen LogP contribution in [0.5, 0.6) is 0 Å². The first-order valence-corrected chi connectivity index (χ1v) is 6.52. The zero-order valence-corrected chi connectivity index (χ0v) is 10.8. The summed E-state index contributed by atoms with van der Waals surface area (Å²) in [6.07, 6.45) is 2.05. The second kappa shape index (κ2) is 4.12. The van der Waals surface area contributed by atoms with Crippen molar-refractivity contribution in [3.8, 4) is 0 Å². The molecule has 1 N–H and O–H groups in total. The number of piperidine rings is 1. The SMILES string of the molecule is CC1CCCN2c3cc(F)c(Cl)cc3NC(=O)C12. The van der Waals surface area contributed by atoms with Crippen LogP contribution in [0.4, 0.5) is 15.8 Å². The number of fused-ring (bicyclic) bond motifs is 3. The molecule has 0 saturated carbocycles. The predicted molar refractivity (Wildman–Crippen MR) is 69.6 cm³/mol. The molecule has 2 heterocycles. The van der Waals surface area contributed by atoms with Gasteiger partial charge in [-0.15, -0.1) is 0 Å². The van der Waals surface area contributed by atoms with E-state index in [1.807, 2.05) is 4.90 Å². The minimum absolute atomic E-state index is 0.0163. The third-order valence-electron chi connectivity index (χ3n) is 3.81. The summed E-state index contributed by atoms with van der Waals surface area (Å²) in [5, 5.41) is 2.87. The molecule has 1 aromatic carbocycles. The van der Waals surface area contributed by atoms with Crippen molar-refractivity contribution in [3.05, 3.63) is 23.0 Å². The Kier molecular flexibility index (Phi) is 2.70. The molecule has 5 heteroatoms. The largest absolute Gasteiger partial charge is 0.358 e. The van der Waals surface area contributed by atoms with E-state index in [1.165, 1.54) is 12.1 Å². The average Bonchev–Trinajstić information content (AvgIpc) is 2.32. The molecular formula is C13H14ClFN2O. The molecule has 2 aliphatic heterocycles. The smallest absolute Gasteiger partial charge is 0.247 e. The Morgan fingerprint density at radius 1 is 1.50 bits per heavy atom. The lowest BCUT2D eigenvalue weighted by Crippen LogP contribution is -2.54. The van der Waals surface area contributed by atoms with Gasteiger partial charge in [0.2, 0.25) is 5.91 Å². The van der Waals surface area contributed by atoms with Gasteiger partial charge in [-0.2, -0.15) is 0 Å². The molecule has 2 atom stereocenters. The Bertz CT molecular complexity index is 520. The Balaban J connectivity index is 2.10. The van der Waals surface area contributed by atoms with E-state index in [0.29, 0.717) is 5.69 Å². The van der Waals surface area contributed by atoms with Crippen LogP contribution in [0.2, 0.25) is 5.02 Å². The van der Waals surface area contributed by atoms with Gasteiger partial charge in [0, 0.05) is 12.6 Å². The molecule has 0 aliphatic carbocycles. The summed E-state index contributed by atoms with van der Waals surface area (Å²) in [6.45, 7) is 2.85. The number of halogens is 2. The Morgan fingerprint density at radius 3 is 3.06 bits per heavy atom. The van der Waals surface area contributed by atoms with E-state index in [-0.39, 0.29) is 22.9 Å². The Morgan fingerprint density at radius 2 is 2.28 bits per heavy atom. The number of carbonyl (C=O) groups excluding carboxylic acids is 1. The second-order valence-corrected chi connectivity index (χ2v) is 5.44. The van der Waals surface area contributed by atoms with E-state index in [4.69, 9.17) is 11.6 Å². The highest BCUT2D eigenvalue weighted by atomic mass is 35.5. The number of carbonyl (C=O) groups is 1. The molecule has 18 heavy (non-hydrogen) atoms. The third-order valence-corrected chi connectivity index (χ3v) is 4.10. The molecule has 0 radical (unpaired) electrons. The molecule has 1 saturated heterocycles. The number of hydrogen-bond donors (Lipinski definition) is 1. The van der Waals surface area contributed by atoms with E-state index in [9.17, 15) is 9.18 Å². The highest BCUT2D eigenvalue weighted by molar-refractivity contribution is 6.31. The predicted octanol–water partition coefficient (Wildman–Crippen LogP) is 3.04. The van der Waals surface area contributed by atoms with Gasteiger partial charge in [0.15, 0.2) is 0 Å². The quantitative estimate of drug-likeness (QED) is 0.784. The summed E-state index contributed by atoms with van der Waals surface area (Å²) in [7, 11) is 0. The second-order valence-electron chi connectivity index (χ2n) is 5.03. The maximum Gasteiger partial charge on any atom is 0.247 e. The molecule has 0 spiro atoms. The van der Waals surface area contributed by atoms with Crippen molar-refractivity contribution in [2.45, 2.75) is 25.8 Å². The van der Waals surface area contributed by atoms with Gasteiger partial charge in [0.25, 0.3) is 0 Å². The lowest BCUT2D eigenvalue weighted by atomic mass is 9.88. The monoisotopic (exact) mass is 268 g/mol. The number of benzene rings is 1. The van der Waals surface area contributed by atoms with Crippen LogP contribution in [-0.2, 0) is 4.79 Å². The molecule has 3 rings (SSSR count). The van der Waals surface area contributed by atoms with Crippen molar-refractivity contribution in [2.24, 2.45) is 5.92 Å². The molecule has 2 unspecified atom stereocenters. The fourth-order valence-electron chi connectivity index (χ4n) is 2.94. The zero-order valence-electron chi connectivity index (χ0n) is 10.0. The summed E-state index contributed by atoms with van der Waals surface area (Å²) >= 11 is 5.75. The Labute approximate surface area is 110 Å². The molecule has 2 aliphatic rings. The van der Waals surface area contributed by atoms with Crippen molar-refractivity contribution >= 4 is 28.9 Å². The first kappa shape index (κ1) is 11.8. The van der Waals surface area contributed by atoms with Crippen molar-refractivity contribution in [2.75, 3.05) is 16.8 Å². The number of anilines is 2. The number of nitrogens with one attached hydrogen (secondary N) is 1. The summed E-state index contributed by atoms with van der Waals surface area (Å²) in [5.74, 6) is -0.174. The molecule has 0 aromatic heterocycles. The van der Waals surface area contributed by atoms with E-state index < -0.39 is 5.82 Å². The molecule has 1 aromatic rings. The van der Waals surface area contributed by atoms with Gasteiger partial charge in [-0.1, -0.05) is 18.5 Å². The lowest BCUT2D eigenvalue weighted by Gasteiger charge is -2.44. The molecule has 3 nitrogen and oxygen atoms in total. The molecule has 1 amide bonds. The van der Waals surface area contributed by atoms with Crippen molar-refractivity contribution in [3.63, 3.8) is 0 Å². The minimum atomic E-state index is -0.441. The van der Waals surface area contributed by atoms with Gasteiger partial charge < -0.3 is 10.2 Å². The van der Waals surface area contributed by atoms with Gasteiger partial charge in [-0.05, 0) is 24.8 Å². The van der Waals surface area contributed by atoms with Crippen LogP contribution >= 0.6 is 11.6 Å². The minimum Gasteiger partial charge on any atom is -0.358 e. The summed E-state index contributed by atoms with van der Waals surface area (Å²) in [4.78, 5) is 14.1. The summed E-state index contributed by atoms with van der Waals surface area (Å²) in [5.41, 5.74) is 1.35. The summed E-state index contributed by atoms with van der Waals surface area (Å²) in [6, 6.07) is 2.72. The highest BCUT2D eigenvalue weighted by Crippen LogP contribution is 2.40. The lowest BCUT2D eigenvalue weighted by molar-refractivity contribution is -0.119. The van der Waals surface area contributed by atoms with Gasteiger partial charge in [0.05, 0.1) is 16.4 Å². The number of amides is 1. The van der Waals surface area contributed by atoms with Crippen LogP contribution in [0, 0.1) is 11.7 Å². The van der Waals surface area contributed by atoms with E-state index in [1.54, 1.807) is 0 Å². The normalized spacial score (nSPS) is 26.4. The zero-order chi connectivity index (χ0) is 12.9.